The molecule has 2 aromatic heterocycles. The highest BCUT2D eigenvalue weighted by Crippen LogP contribution is 2.38. The quantitative estimate of drug-likeness (QED) is 0.541. The number of thiophene rings is 1. The molecule has 1 aliphatic rings. The Morgan fingerprint density at radius 1 is 1.15 bits per heavy atom. The topological polar surface area (TPSA) is 112 Å². The van der Waals surface area contributed by atoms with Crippen molar-refractivity contribution in [2.75, 3.05) is 11.9 Å². The summed E-state index contributed by atoms with van der Waals surface area (Å²) in [4.78, 5) is 51.1. The molecular formula is C24H23NO7S. The largest absolute Gasteiger partial charge is 0.462 e. The van der Waals surface area contributed by atoms with Gasteiger partial charge in [-0.2, -0.15) is 0 Å². The van der Waals surface area contributed by atoms with Crippen LogP contribution in [0.5, 0.6) is 0 Å². The number of rotatable bonds is 6. The average molecular weight is 470 g/mol. The molecule has 172 valence electrons. The van der Waals surface area contributed by atoms with Gasteiger partial charge in [-0.25, -0.2) is 9.59 Å². The molecule has 3 aromatic rings. The predicted molar refractivity (Wildman–Crippen MR) is 123 cm³/mol. The molecule has 2 heterocycles. The molecular weight excluding hydrogens is 446 g/mol. The van der Waals surface area contributed by atoms with Crippen LogP contribution in [-0.4, -0.2) is 30.6 Å². The number of nitrogens with one attached hydrogen (secondary N) is 1. The number of carbonyl (C=O) groups excluding carboxylic acids is 3. The summed E-state index contributed by atoms with van der Waals surface area (Å²) in [5, 5.41) is 3.45. The zero-order chi connectivity index (χ0) is 23.5. The fraction of sp³-hybridized carbons (Fsp3) is 0.333. The monoisotopic (exact) mass is 469 g/mol. The Morgan fingerprint density at radius 2 is 1.91 bits per heavy atom. The summed E-state index contributed by atoms with van der Waals surface area (Å²) < 4.78 is 15.9. The summed E-state index contributed by atoms with van der Waals surface area (Å²) in [6.07, 6.45) is 2.39. The van der Waals surface area contributed by atoms with E-state index >= 15 is 0 Å². The average Bonchev–Trinajstić information content (AvgIpc) is 3.17. The Morgan fingerprint density at radius 3 is 2.70 bits per heavy atom. The van der Waals surface area contributed by atoms with E-state index < -0.39 is 23.9 Å². The Bertz CT molecular complexity index is 1290. The summed E-state index contributed by atoms with van der Waals surface area (Å²) in [5.74, 6) is -2.31. The minimum Gasteiger partial charge on any atom is -0.462 e. The summed E-state index contributed by atoms with van der Waals surface area (Å²) in [5.41, 5.74) is 1.16. The van der Waals surface area contributed by atoms with Crippen molar-refractivity contribution >= 4 is 45.2 Å². The molecule has 0 saturated heterocycles. The van der Waals surface area contributed by atoms with Crippen LogP contribution in [-0.2, 0) is 27.1 Å². The van der Waals surface area contributed by atoms with Gasteiger partial charge in [0.25, 0.3) is 5.91 Å². The number of carbonyl (C=O) groups is 3. The minimum absolute atomic E-state index is 0.224. The molecule has 0 saturated carbocycles. The van der Waals surface area contributed by atoms with Crippen LogP contribution in [0.15, 0.2) is 39.5 Å². The Labute approximate surface area is 193 Å². The number of anilines is 1. The van der Waals surface area contributed by atoms with Gasteiger partial charge in [0.1, 0.15) is 10.6 Å². The van der Waals surface area contributed by atoms with Gasteiger partial charge in [-0.05, 0) is 57.2 Å². The highest BCUT2D eigenvalue weighted by Gasteiger charge is 2.29. The third-order valence-corrected chi connectivity index (χ3v) is 6.58. The first kappa shape index (κ1) is 22.7. The Balaban J connectivity index is 1.51. The maximum atomic E-state index is 12.8. The van der Waals surface area contributed by atoms with E-state index in [0.717, 1.165) is 42.2 Å². The minimum atomic E-state index is -1.19. The summed E-state index contributed by atoms with van der Waals surface area (Å²) in [6, 6.07) is 7.57. The number of benzene rings is 1. The highest BCUT2D eigenvalue weighted by molar-refractivity contribution is 7.17. The molecule has 0 spiro atoms. The number of aryl methyl sites for hydroxylation is 1. The van der Waals surface area contributed by atoms with Crippen molar-refractivity contribution in [1.82, 2.24) is 0 Å². The molecule has 1 N–H and O–H groups in total. The van der Waals surface area contributed by atoms with Crippen LogP contribution in [0.25, 0.3) is 11.0 Å². The van der Waals surface area contributed by atoms with Gasteiger partial charge in [0.15, 0.2) is 11.5 Å². The second kappa shape index (κ2) is 9.58. The van der Waals surface area contributed by atoms with Gasteiger partial charge in [-0.15, -0.1) is 11.3 Å². The van der Waals surface area contributed by atoms with E-state index in [0.29, 0.717) is 16.0 Å². The van der Waals surface area contributed by atoms with Crippen molar-refractivity contribution in [1.29, 1.82) is 0 Å². The number of hydrogen-bond acceptors (Lipinski definition) is 8. The van der Waals surface area contributed by atoms with Crippen LogP contribution in [0.1, 0.15) is 58.0 Å². The van der Waals surface area contributed by atoms with Crippen LogP contribution >= 0.6 is 11.3 Å². The van der Waals surface area contributed by atoms with Gasteiger partial charge < -0.3 is 19.2 Å². The normalized spacial score (nSPS) is 13.8. The maximum Gasteiger partial charge on any atom is 0.375 e. The van der Waals surface area contributed by atoms with Crippen LogP contribution in [0, 0.1) is 0 Å². The molecule has 4 rings (SSSR count). The molecule has 1 aromatic carbocycles. The van der Waals surface area contributed by atoms with E-state index in [1.807, 2.05) is 0 Å². The number of hydrogen-bond donors (Lipinski definition) is 1. The lowest BCUT2D eigenvalue weighted by molar-refractivity contribution is -0.123. The van der Waals surface area contributed by atoms with Crippen molar-refractivity contribution < 1.29 is 28.3 Å². The molecule has 0 bridgehead atoms. The molecule has 1 aliphatic carbocycles. The molecule has 8 nitrogen and oxygen atoms in total. The van der Waals surface area contributed by atoms with E-state index in [2.05, 4.69) is 5.32 Å². The van der Waals surface area contributed by atoms with Crippen molar-refractivity contribution in [3.63, 3.8) is 0 Å². The van der Waals surface area contributed by atoms with Gasteiger partial charge in [0, 0.05) is 10.9 Å². The highest BCUT2D eigenvalue weighted by atomic mass is 32.1. The number of amides is 1. The van der Waals surface area contributed by atoms with Crippen LogP contribution in [0.4, 0.5) is 5.00 Å². The van der Waals surface area contributed by atoms with Crippen LogP contribution < -0.4 is 10.7 Å². The Hall–Kier alpha value is -3.46. The van der Waals surface area contributed by atoms with Crippen LogP contribution in [0.3, 0.4) is 0 Å². The van der Waals surface area contributed by atoms with Gasteiger partial charge in [-0.3, -0.25) is 9.59 Å². The fourth-order valence-corrected chi connectivity index (χ4v) is 5.04. The molecule has 9 heteroatoms. The molecule has 1 atom stereocenters. The third-order valence-electron chi connectivity index (χ3n) is 5.38. The van der Waals surface area contributed by atoms with E-state index in [1.54, 1.807) is 31.2 Å². The first-order valence-corrected chi connectivity index (χ1v) is 11.6. The van der Waals surface area contributed by atoms with Crippen molar-refractivity contribution in [2.45, 2.75) is 45.6 Å². The standard InChI is InChI=1S/C24H23NO7S/c1-3-30-24(29)20-15-9-5-7-11-19(15)33-22(20)25-21(27)13(2)31-23(28)18-12-16(26)14-8-4-6-10-17(14)32-18/h4,6,8,10,12-13H,3,5,7,9,11H2,1-2H3,(H,25,27)/t13-/m1/s1. The van der Waals surface area contributed by atoms with Gasteiger partial charge in [0.2, 0.25) is 5.76 Å². The smallest absolute Gasteiger partial charge is 0.375 e. The lowest BCUT2D eigenvalue weighted by Crippen LogP contribution is -2.30. The number of esters is 2. The SMILES string of the molecule is CCOC(=O)c1c(NC(=O)[C@@H](C)OC(=O)c2cc(=O)c3ccccc3o2)sc2c1CCCC2. The summed E-state index contributed by atoms with van der Waals surface area (Å²) in [6.45, 7) is 3.35. The zero-order valence-corrected chi connectivity index (χ0v) is 19.1. The van der Waals surface area contributed by atoms with E-state index in [1.165, 1.54) is 18.3 Å². The fourth-order valence-electron chi connectivity index (χ4n) is 3.76. The van der Waals surface area contributed by atoms with Gasteiger partial charge in [-0.1, -0.05) is 12.1 Å². The van der Waals surface area contributed by atoms with Crippen molar-refractivity contribution in [2.24, 2.45) is 0 Å². The van der Waals surface area contributed by atoms with Crippen molar-refractivity contribution in [3.8, 4) is 0 Å². The molecule has 0 unspecified atom stereocenters. The van der Waals surface area contributed by atoms with Gasteiger partial charge >= 0.3 is 11.9 Å². The van der Waals surface area contributed by atoms with Gasteiger partial charge in [0.05, 0.1) is 17.6 Å². The lowest BCUT2D eigenvalue weighted by Gasteiger charge is -2.14. The molecule has 0 aliphatic heterocycles. The maximum absolute atomic E-state index is 12.8. The Kier molecular flexibility index (Phi) is 6.60. The number of para-hydroxylation sites is 1. The summed E-state index contributed by atoms with van der Waals surface area (Å²) in [7, 11) is 0. The van der Waals surface area contributed by atoms with E-state index in [9.17, 15) is 19.2 Å². The van der Waals surface area contributed by atoms with E-state index in [-0.39, 0.29) is 23.4 Å². The molecule has 0 radical (unpaired) electrons. The van der Waals surface area contributed by atoms with E-state index in [4.69, 9.17) is 13.9 Å². The second-order valence-corrected chi connectivity index (χ2v) is 8.75. The summed E-state index contributed by atoms with van der Waals surface area (Å²) >= 11 is 1.35. The van der Waals surface area contributed by atoms with Crippen LogP contribution in [0.2, 0.25) is 0 Å². The zero-order valence-electron chi connectivity index (χ0n) is 18.3. The first-order valence-electron chi connectivity index (χ1n) is 10.8. The predicted octanol–water partition coefficient (Wildman–Crippen LogP) is 4.09. The number of ether oxygens (including phenoxy) is 2. The lowest BCUT2D eigenvalue weighted by atomic mass is 9.95. The third kappa shape index (κ3) is 4.68. The number of fused-ring (bicyclic) bond motifs is 2. The first-order chi connectivity index (χ1) is 15.9. The van der Waals surface area contributed by atoms with Crippen molar-refractivity contribution in [3.05, 3.63) is 62.3 Å². The second-order valence-electron chi connectivity index (χ2n) is 7.64. The molecule has 0 fully saturated rings. The molecule has 1 amide bonds. The molecule has 33 heavy (non-hydrogen) atoms.